The number of hydrogen-bond acceptors (Lipinski definition) is 5. The highest BCUT2D eigenvalue weighted by Gasteiger charge is 2.09. The largest absolute Gasteiger partial charge is 0.483 e. The predicted molar refractivity (Wildman–Crippen MR) is 97.9 cm³/mol. The highest BCUT2D eigenvalue weighted by Crippen LogP contribution is 2.18. The quantitative estimate of drug-likeness (QED) is 0.596. The van der Waals surface area contributed by atoms with Gasteiger partial charge in [-0.2, -0.15) is 0 Å². The molecule has 1 amide bonds. The molecule has 2 N–H and O–H groups in total. The third-order valence-electron chi connectivity index (χ3n) is 3.15. The molecule has 6 nitrogen and oxygen atoms in total. The summed E-state index contributed by atoms with van der Waals surface area (Å²) in [6.07, 6.45) is 0. The first-order valence-corrected chi connectivity index (χ1v) is 8.93. The van der Waals surface area contributed by atoms with E-state index in [1.165, 1.54) is 23.9 Å². The number of halogens is 2. The zero-order valence-corrected chi connectivity index (χ0v) is 15.0. The van der Waals surface area contributed by atoms with E-state index in [2.05, 4.69) is 20.5 Å². The predicted octanol–water partition coefficient (Wildman–Crippen LogP) is 3.91. The average Bonchev–Trinajstić information content (AvgIpc) is 3.07. The van der Waals surface area contributed by atoms with Gasteiger partial charge in [0.1, 0.15) is 6.61 Å². The van der Waals surface area contributed by atoms with Gasteiger partial charge >= 0.3 is 0 Å². The van der Waals surface area contributed by atoms with Crippen LogP contribution in [-0.2, 0) is 11.4 Å². The Hall–Kier alpha value is -2.58. The molecule has 9 heteroatoms. The van der Waals surface area contributed by atoms with Crippen LogP contribution in [0.2, 0.25) is 5.02 Å². The summed E-state index contributed by atoms with van der Waals surface area (Å²) in [5.74, 6) is 0.0633. The van der Waals surface area contributed by atoms with E-state index in [0.717, 1.165) is 0 Å². The number of carbonyl (C=O) groups excluding carboxylic acids is 1. The van der Waals surface area contributed by atoms with Gasteiger partial charge in [-0.15, -0.1) is 5.10 Å². The lowest BCUT2D eigenvalue weighted by Crippen LogP contribution is -2.14. The van der Waals surface area contributed by atoms with E-state index >= 15 is 0 Å². The van der Waals surface area contributed by atoms with E-state index in [4.69, 9.17) is 16.3 Å². The SMILES string of the molecule is O=C(CSc1n[nH]c(COc2ccccc2F)n1)Nc1cccc(Cl)c1. The van der Waals surface area contributed by atoms with Crippen molar-refractivity contribution in [1.82, 2.24) is 15.2 Å². The minimum atomic E-state index is -0.445. The van der Waals surface area contributed by atoms with Gasteiger partial charge in [0, 0.05) is 10.7 Å². The van der Waals surface area contributed by atoms with E-state index in [-0.39, 0.29) is 24.0 Å². The molecule has 0 saturated heterocycles. The van der Waals surface area contributed by atoms with Crippen molar-refractivity contribution in [3.05, 3.63) is 65.2 Å². The molecule has 0 aliphatic rings. The van der Waals surface area contributed by atoms with Crippen molar-refractivity contribution >= 4 is 35.0 Å². The van der Waals surface area contributed by atoms with Crippen molar-refractivity contribution in [2.75, 3.05) is 11.1 Å². The summed E-state index contributed by atoms with van der Waals surface area (Å²) in [6, 6.07) is 13.0. The van der Waals surface area contributed by atoms with Crippen LogP contribution in [0.5, 0.6) is 5.75 Å². The molecule has 0 fully saturated rings. The van der Waals surface area contributed by atoms with E-state index in [1.54, 1.807) is 36.4 Å². The number of H-pyrrole nitrogens is 1. The summed E-state index contributed by atoms with van der Waals surface area (Å²) in [4.78, 5) is 16.1. The summed E-state index contributed by atoms with van der Waals surface area (Å²) in [7, 11) is 0. The first kappa shape index (κ1) is 18.2. The Balaban J connectivity index is 1.47. The Labute approximate surface area is 158 Å². The first-order chi connectivity index (χ1) is 12.6. The molecule has 0 bridgehead atoms. The van der Waals surface area contributed by atoms with Crippen molar-refractivity contribution in [1.29, 1.82) is 0 Å². The summed E-state index contributed by atoms with van der Waals surface area (Å²) in [5, 5.41) is 10.4. The fourth-order valence-electron chi connectivity index (χ4n) is 2.01. The molecular formula is C17H14ClFN4O2S. The summed E-state index contributed by atoms with van der Waals surface area (Å²) < 4.78 is 18.8. The molecule has 0 unspecified atom stereocenters. The lowest BCUT2D eigenvalue weighted by molar-refractivity contribution is -0.113. The Morgan fingerprint density at radius 3 is 2.92 bits per heavy atom. The van der Waals surface area contributed by atoms with Gasteiger partial charge in [-0.25, -0.2) is 9.37 Å². The lowest BCUT2D eigenvalue weighted by Gasteiger charge is -2.04. The molecule has 0 aliphatic heterocycles. The monoisotopic (exact) mass is 392 g/mol. The Bertz CT molecular complexity index is 906. The highest BCUT2D eigenvalue weighted by molar-refractivity contribution is 7.99. The van der Waals surface area contributed by atoms with Gasteiger partial charge in [-0.05, 0) is 30.3 Å². The van der Waals surface area contributed by atoms with Crippen LogP contribution in [0.3, 0.4) is 0 Å². The molecule has 0 atom stereocenters. The molecule has 26 heavy (non-hydrogen) atoms. The molecule has 0 radical (unpaired) electrons. The average molecular weight is 393 g/mol. The minimum absolute atomic E-state index is 0.0448. The Morgan fingerprint density at radius 2 is 2.12 bits per heavy atom. The normalized spacial score (nSPS) is 10.5. The van der Waals surface area contributed by atoms with E-state index in [0.29, 0.717) is 21.7 Å². The van der Waals surface area contributed by atoms with Crippen molar-refractivity contribution in [2.24, 2.45) is 0 Å². The van der Waals surface area contributed by atoms with Crippen LogP contribution in [0.25, 0.3) is 0 Å². The standard InChI is InChI=1S/C17H14ClFN4O2S/c18-11-4-3-5-12(8-11)20-16(24)10-26-17-21-15(22-23-17)9-25-14-7-2-1-6-13(14)19/h1-8H,9-10H2,(H,20,24)(H,21,22,23). The maximum atomic E-state index is 13.5. The molecular weight excluding hydrogens is 379 g/mol. The van der Waals surface area contributed by atoms with Crippen molar-refractivity contribution in [2.45, 2.75) is 11.8 Å². The number of aromatic amines is 1. The molecule has 0 aliphatic carbocycles. The fourth-order valence-corrected chi connectivity index (χ4v) is 2.82. The number of nitrogens with one attached hydrogen (secondary N) is 2. The van der Waals surface area contributed by atoms with Gasteiger partial charge < -0.3 is 10.1 Å². The van der Waals surface area contributed by atoms with Crippen LogP contribution in [0.15, 0.2) is 53.7 Å². The van der Waals surface area contributed by atoms with E-state index in [9.17, 15) is 9.18 Å². The minimum Gasteiger partial charge on any atom is -0.483 e. The Morgan fingerprint density at radius 1 is 1.27 bits per heavy atom. The van der Waals surface area contributed by atoms with E-state index in [1.807, 2.05) is 0 Å². The summed E-state index contributed by atoms with van der Waals surface area (Å²) in [6.45, 7) is 0.0448. The number of carbonyl (C=O) groups is 1. The van der Waals surface area contributed by atoms with Crippen LogP contribution in [0, 0.1) is 5.82 Å². The number of anilines is 1. The van der Waals surface area contributed by atoms with Gasteiger partial charge in [0.15, 0.2) is 17.4 Å². The number of aromatic nitrogens is 3. The third-order valence-corrected chi connectivity index (χ3v) is 4.24. The van der Waals surface area contributed by atoms with Crippen molar-refractivity contribution in [3.63, 3.8) is 0 Å². The molecule has 1 heterocycles. The Kier molecular flexibility index (Phi) is 6.08. The second kappa shape index (κ2) is 8.68. The lowest BCUT2D eigenvalue weighted by atomic mass is 10.3. The number of rotatable bonds is 7. The number of ether oxygens (including phenoxy) is 1. The van der Waals surface area contributed by atoms with Gasteiger partial charge in [-0.3, -0.25) is 9.89 Å². The second-order valence-electron chi connectivity index (χ2n) is 5.13. The molecule has 1 aromatic heterocycles. The highest BCUT2D eigenvalue weighted by atomic mass is 35.5. The zero-order valence-electron chi connectivity index (χ0n) is 13.4. The smallest absolute Gasteiger partial charge is 0.234 e. The number of amides is 1. The van der Waals surface area contributed by atoms with E-state index < -0.39 is 5.82 Å². The summed E-state index contributed by atoms with van der Waals surface area (Å²) in [5.41, 5.74) is 0.622. The molecule has 134 valence electrons. The number of benzene rings is 2. The van der Waals surface area contributed by atoms with Crippen LogP contribution < -0.4 is 10.1 Å². The zero-order chi connectivity index (χ0) is 18.4. The third kappa shape index (κ3) is 5.21. The van der Waals surface area contributed by atoms with Crippen molar-refractivity contribution < 1.29 is 13.9 Å². The van der Waals surface area contributed by atoms with Crippen LogP contribution in [0.4, 0.5) is 10.1 Å². The van der Waals surface area contributed by atoms with Gasteiger partial charge in [-0.1, -0.05) is 41.6 Å². The molecule has 3 aromatic rings. The van der Waals surface area contributed by atoms with Crippen LogP contribution in [0.1, 0.15) is 5.82 Å². The van der Waals surface area contributed by atoms with Gasteiger partial charge in [0.25, 0.3) is 0 Å². The molecule has 0 saturated carbocycles. The number of thioether (sulfide) groups is 1. The topological polar surface area (TPSA) is 79.9 Å². The molecule has 3 rings (SSSR count). The maximum absolute atomic E-state index is 13.5. The summed E-state index contributed by atoms with van der Waals surface area (Å²) >= 11 is 7.04. The van der Waals surface area contributed by atoms with Gasteiger partial charge in [0.2, 0.25) is 11.1 Å². The first-order valence-electron chi connectivity index (χ1n) is 7.57. The fraction of sp³-hybridized carbons (Fsp3) is 0.118. The van der Waals surface area contributed by atoms with Crippen LogP contribution in [-0.4, -0.2) is 26.8 Å². The number of hydrogen-bond donors (Lipinski definition) is 2. The molecule has 0 spiro atoms. The second-order valence-corrected chi connectivity index (χ2v) is 6.51. The van der Waals surface area contributed by atoms with Crippen LogP contribution >= 0.6 is 23.4 Å². The number of nitrogens with zero attached hydrogens (tertiary/aromatic N) is 2. The van der Waals surface area contributed by atoms with Gasteiger partial charge in [0.05, 0.1) is 5.75 Å². The maximum Gasteiger partial charge on any atom is 0.234 e. The van der Waals surface area contributed by atoms with Crippen molar-refractivity contribution in [3.8, 4) is 5.75 Å². The molecule has 2 aromatic carbocycles. The number of para-hydroxylation sites is 1.